The summed E-state index contributed by atoms with van der Waals surface area (Å²) in [4.78, 5) is 23.3. The van der Waals surface area contributed by atoms with Gasteiger partial charge in [-0.2, -0.15) is 0 Å². The van der Waals surface area contributed by atoms with Crippen LogP contribution in [0, 0.1) is 0 Å². The molecule has 0 aliphatic carbocycles. The van der Waals surface area contributed by atoms with E-state index in [0.717, 1.165) is 82.3 Å². The second kappa shape index (κ2) is 18.2. The molecule has 0 radical (unpaired) electrons. The lowest BCUT2D eigenvalue weighted by Gasteiger charge is -2.22. The summed E-state index contributed by atoms with van der Waals surface area (Å²) >= 11 is 0. The minimum absolute atomic E-state index is 0.00554. The van der Waals surface area contributed by atoms with Crippen molar-refractivity contribution >= 4 is 11.9 Å². The van der Waals surface area contributed by atoms with Gasteiger partial charge in [-0.3, -0.25) is 9.59 Å². The van der Waals surface area contributed by atoms with Gasteiger partial charge in [-0.15, -0.1) is 0 Å². The van der Waals surface area contributed by atoms with Crippen LogP contribution >= 0.6 is 0 Å². The average Bonchev–Trinajstić information content (AvgIpc) is 2.87. The van der Waals surface area contributed by atoms with Crippen LogP contribution in [0.25, 0.3) is 0 Å². The summed E-state index contributed by atoms with van der Waals surface area (Å²) in [5.74, 6) is 0.438. The van der Waals surface area contributed by atoms with E-state index in [2.05, 4.69) is 6.07 Å². The van der Waals surface area contributed by atoms with E-state index in [9.17, 15) is 9.59 Å². The second-order valence-electron chi connectivity index (χ2n) is 8.91. The molecular weight excluding hydrogens is 448 g/mol. The monoisotopic (exact) mass is 492 g/mol. The van der Waals surface area contributed by atoms with Gasteiger partial charge in [-0.25, -0.2) is 0 Å². The fourth-order valence-corrected chi connectivity index (χ4v) is 4.21. The SMILES string of the molecule is CCOC(=O)CCCCOc1cccc(CCCCCCOC2CCCCO2)c1CCC(=O)OC. The van der Waals surface area contributed by atoms with E-state index in [1.165, 1.54) is 19.1 Å². The summed E-state index contributed by atoms with van der Waals surface area (Å²) in [6.07, 6.45) is 11.5. The van der Waals surface area contributed by atoms with E-state index in [1.807, 2.05) is 19.1 Å². The Bertz CT molecular complexity index is 728. The standard InChI is InChI=1S/C28H44O7/c1-3-32-27(30)16-7-10-20-33-25-15-12-14-23(24(25)18-19-26(29)31-2)13-6-4-5-9-21-34-28-17-8-11-22-35-28/h12,14-15,28H,3-11,13,16-22H2,1-2H3. The van der Waals surface area contributed by atoms with Crippen LogP contribution in [0.2, 0.25) is 0 Å². The van der Waals surface area contributed by atoms with Crippen LogP contribution in [0.1, 0.15) is 88.7 Å². The quantitative estimate of drug-likeness (QED) is 0.196. The molecule has 1 aliphatic heterocycles. The van der Waals surface area contributed by atoms with Gasteiger partial charge >= 0.3 is 11.9 Å². The molecule has 1 aromatic rings. The fourth-order valence-electron chi connectivity index (χ4n) is 4.21. The predicted molar refractivity (Wildman–Crippen MR) is 134 cm³/mol. The molecule has 1 atom stereocenters. The molecule has 0 bridgehead atoms. The van der Waals surface area contributed by atoms with Crippen LogP contribution in [0.15, 0.2) is 18.2 Å². The molecule has 1 heterocycles. The topological polar surface area (TPSA) is 80.3 Å². The van der Waals surface area contributed by atoms with Crippen molar-refractivity contribution in [3.8, 4) is 5.75 Å². The minimum atomic E-state index is -0.220. The normalized spacial score (nSPS) is 15.5. The first kappa shape index (κ1) is 29.1. The molecule has 35 heavy (non-hydrogen) atoms. The zero-order valence-electron chi connectivity index (χ0n) is 21.7. The number of hydrogen-bond donors (Lipinski definition) is 0. The molecule has 7 nitrogen and oxygen atoms in total. The Morgan fingerprint density at radius 1 is 0.943 bits per heavy atom. The van der Waals surface area contributed by atoms with Gasteiger partial charge in [0.2, 0.25) is 0 Å². The number of carbonyl (C=O) groups excluding carboxylic acids is 2. The maximum Gasteiger partial charge on any atom is 0.305 e. The molecule has 198 valence electrons. The largest absolute Gasteiger partial charge is 0.493 e. The van der Waals surface area contributed by atoms with E-state index in [0.29, 0.717) is 32.5 Å². The number of rotatable bonds is 18. The molecule has 0 amide bonds. The van der Waals surface area contributed by atoms with E-state index in [-0.39, 0.29) is 18.2 Å². The van der Waals surface area contributed by atoms with Crippen molar-refractivity contribution in [1.29, 1.82) is 0 Å². The molecule has 0 N–H and O–H groups in total. The van der Waals surface area contributed by atoms with Crippen molar-refractivity contribution in [2.45, 2.75) is 96.7 Å². The lowest BCUT2D eigenvalue weighted by Crippen LogP contribution is -2.22. The van der Waals surface area contributed by atoms with Gasteiger partial charge in [0.05, 0.1) is 20.3 Å². The Labute approximate surface area is 210 Å². The fraction of sp³-hybridized carbons (Fsp3) is 0.714. The first-order valence-electron chi connectivity index (χ1n) is 13.3. The van der Waals surface area contributed by atoms with Gasteiger partial charge in [0, 0.05) is 26.1 Å². The van der Waals surface area contributed by atoms with Gasteiger partial charge in [0.1, 0.15) is 5.75 Å². The number of esters is 2. The van der Waals surface area contributed by atoms with Gasteiger partial charge in [0.15, 0.2) is 6.29 Å². The van der Waals surface area contributed by atoms with Crippen LogP contribution in [0.4, 0.5) is 0 Å². The number of ether oxygens (including phenoxy) is 5. The number of methoxy groups -OCH3 is 1. The minimum Gasteiger partial charge on any atom is -0.493 e. The Kier molecular flexibility index (Phi) is 15.1. The number of benzene rings is 1. The van der Waals surface area contributed by atoms with E-state index < -0.39 is 0 Å². The van der Waals surface area contributed by atoms with Crippen molar-refractivity contribution in [1.82, 2.24) is 0 Å². The van der Waals surface area contributed by atoms with Crippen molar-refractivity contribution in [3.05, 3.63) is 29.3 Å². The van der Waals surface area contributed by atoms with Crippen molar-refractivity contribution in [2.75, 3.05) is 33.5 Å². The van der Waals surface area contributed by atoms with Crippen molar-refractivity contribution in [2.24, 2.45) is 0 Å². The first-order valence-corrected chi connectivity index (χ1v) is 13.3. The first-order chi connectivity index (χ1) is 17.1. The highest BCUT2D eigenvalue weighted by Gasteiger charge is 2.14. The third-order valence-corrected chi connectivity index (χ3v) is 6.16. The zero-order valence-corrected chi connectivity index (χ0v) is 21.7. The molecule has 0 saturated carbocycles. The van der Waals surface area contributed by atoms with Crippen LogP contribution in [-0.2, 0) is 41.4 Å². The number of hydrogen-bond acceptors (Lipinski definition) is 7. The van der Waals surface area contributed by atoms with Crippen LogP contribution in [-0.4, -0.2) is 51.8 Å². The van der Waals surface area contributed by atoms with E-state index >= 15 is 0 Å². The summed E-state index contributed by atoms with van der Waals surface area (Å²) in [6.45, 7) is 4.33. The summed E-state index contributed by atoms with van der Waals surface area (Å²) in [7, 11) is 1.42. The Hall–Kier alpha value is -2.12. The van der Waals surface area contributed by atoms with Crippen LogP contribution in [0.5, 0.6) is 5.75 Å². The van der Waals surface area contributed by atoms with Gasteiger partial charge in [-0.1, -0.05) is 25.0 Å². The molecule has 1 unspecified atom stereocenters. The number of unbranched alkanes of at least 4 members (excludes halogenated alkanes) is 4. The van der Waals surface area contributed by atoms with Gasteiger partial charge < -0.3 is 23.7 Å². The summed E-state index contributed by atoms with van der Waals surface area (Å²) in [5.41, 5.74) is 2.31. The summed E-state index contributed by atoms with van der Waals surface area (Å²) in [6, 6.07) is 6.11. The maximum absolute atomic E-state index is 11.8. The number of carbonyl (C=O) groups is 2. The smallest absolute Gasteiger partial charge is 0.305 e. The molecule has 7 heteroatoms. The highest BCUT2D eigenvalue weighted by atomic mass is 16.7. The van der Waals surface area contributed by atoms with Crippen LogP contribution < -0.4 is 4.74 Å². The third kappa shape index (κ3) is 12.4. The average molecular weight is 493 g/mol. The molecule has 1 saturated heterocycles. The maximum atomic E-state index is 11.8. The highest BCUT2D eigenvalue weighted by Crippen LogP contribution is 2.26. The molecular formula is C28H44O7. The molecule has 1 aromatic carbocycles. The van der Waals surface area contributed by atoms with Gasteiger partial charge in [-0.05, 0) is 81.9 Å². The molecule has 1 fully saturated rings. The third-order valence-electron chi connectivity index (χ3n) is 6.16. The Morgan fingerprint density at radius 3 is 2.54 bits per heavy atom. The van der Waals surface area contributed by atoms with E-state index in [4.69, 9.17) is 23.7 Å². The number of aryl methyl sites for hydroxylation is 1. The highest BCUT2D eigenvalue weighted by molar-refractivity contribution is 5.70. The Balaban J connectivity index is 1.77. The predicted octanol–water partition coefficient (Wildman–Crippen LogP) is 5.55. The summed E-state index contributed by atoms with van der Waals surface area (Å²) < 4.78 is 27.3. The summed E-state index contributed by atoms with van der Waals surface area (Å²) in [5, 5.41) is 0. The zero-order chi connectivity index (χ0) is 25.1. The van der Waals surface area contributed by atoms with Gasteiger partial charge in [0.25, 0.3) is 0 Å². The molecule has 0 aromatic heterocycles. The van der Waals surface area contributed by atoms with Crippen molar-refractivity contribution in [3.63, 3.8) is 0 Å². The van der Waals surface area contributed by atoms with Crippen LogP contribution in [0.3, 0.4) is 0 Å². The van der Waals surface area contributed by atoms with E-state index in [1.54, 1.807) is 0 Å². The lowest BCUT2D eigenvalue weighted by molar-refractivity contribution is -0.162. The second-order valence-corrected chi connectivity index (χ2v) is 8.91. The lowest BCUT2D eigenvalue weighted by atomic mass is 9.96. The molecule has 2 rings (SSSR count). The Morgan fingerprint density at radius 2 is 1.77 bits per heavy atom. The molecule has 1 aliphatic rings. The molecule has 0 spiro atoms. The van der Waals surface area contributed by atoms with Crippen molar-refractivity contribution < 1.29 is 33.3 Å².